The molecule has 1 aromatic heterocycles. The van der Waals surface area contributed by atoms with Crippen molar-refractivity contribution in [3.8, 4) is 10.4 Å². The van der Waals surface area contributed by atoms with Gasteiger partial charge in [-0.1, -0.05) is 51.4 Å². The monoisotopic (exact) mass is 361 g/mol. The van der Waals surface area contributed by atoms with Crippen LogP contribution in [-0.2, 0) is 19.4 Å². The molecule has 0 saturated carbocycles. The summed E-state index contributed by atoms with van der Waals surface area (Å²) < 4.78 is 17.7. The van der Waals surface area contributed by atoms with Crippen LogP contribution in [0, 0.1) is 11.2 Å². The number of thiophene rings is 1. The highest BCUT2D eigenvalue weighted by Gasteiger charge is 2.31. The molecule has 0 unspecified atom stereocenters. The lowest BCUT2D eigenvalue weighted by molar-refractivity contribution is 0.317. The molecule has 0 radical (unpaired) electrons. The van der Waals surface area contributed by atoms with Gasteiger partial charge in [-0.3, -0.25) is 4.72 Å². The molecular formula is C20H24FNS2. The zero-order valence-electron chi connectivity index (χ0n) is 14.5. The lowest BCUT2D eigenvalue weighted by Gasteiger charge is -2.30. The molecule has 1 nitrogen and oxygen atoms in total. The second kappa shape index (κ2) is 6.66. The predicted octanol–water partition coefficient (Wildman–Crippen LogP) is 6.04. The quantitative estimate of drug-likeness (QED) is 0.633. The van der Waals surface area contributed by atoms with E-state index in [-0.39, 0.29) is 5.82 Å². The number of allylic oxidation sites excluding steroid dienone is 1. The van der Waals surface area contributed by atoms with Gasteiger partial charge >= 0.3 is 0 Å². The van der Waals surface area contributed by atoms with Gasteiger partial charge < -0.3 is 0 Å². The number of hydrogen-bond donors (Lipinski definition) is 2. The molecule has 1 aromatic carbocycles. The van der Waals surface area contributed by atoms with Crippen molar-refractivity contribution in [1.29, 1.82) is 0 Å². The number of thiol groups is 1. The Morgan fingerprint density at radius 3 is 2.83 bits per heavy atom. The minimum absolute atomic E-state index is 0.153. The first-order chi connectivity index (χ1) is 11.3. The number of fused-ring (bicyclic) bond motifs is 1. The number of hydrogen-bond acceptors (Lipinski definition) is 3. The van der Waals surface area contributed by atoms with Crippen LogP contribution in [0.15, 0.2) is 24.8 Å². The molecule has 1 N–H and O–H groups in total. The van der Waals surface area contributed by atoms with Gasteiger partial charge in [0.2, 0.25) is 0 Å². The van der Waals surface area contributed by atoms with Crippen LogP contribution in [0.2, 0.25) is 0 Å². The van der Waals surface area contributed by atoms with Crippen LogP contribution in [0.1, 0.15) is 48.8 Å². The summed E-state index contributed by atoms with van der Waals surface area (Å²) in [5.74, 6) is -0.153. The third kappa shape index (κ3) is 3.19. The molecule has 0 amide bonds. The van der Waals surface area contributed by atoms with E-state index in [0.717, 1.165) is 28.9 Å². The summed E-state index contributed by atoms with van der Waals surface area (Å²) >= 11 is 5.75. The smallest absolute Gasteiger partial charge is 0.136 e. The van der Waals surface area contributed by atoms with E-state index < -0.39 is 0 Å². The molecule has 3 rings (SSSR count). The maximum absolute atomic E-state index is 15.0. The van der Waals surface area contributed by atoms with Gasteiger partial charge in [0.25, 0.3) is 0 Å². The van der Waals surface area contributed by atoms with Gasteiger partial charge in [-0.25, -0.2) is 4.39 Å². The fourth-order valence-corrected chi connectivity index (χ4v) is 5.12. The van der Waals surface area contributed by atoms with Crippen molar-refractivity contribution >= 4 is 29.7 Å². The van der Waals surface area contributed by atoms with Crippen LogP contribution >= 0.6 is 24.2 Å². The maximum Gasteiger partial charge on any atom is 0.136 e. The molecule has 0 atom stereocenters. The third-order valence-corrected chi connectivity index (χ3v) is 6.28. The Kier molecular flexibility index (Phi) is 4.92. The van der Waals surface area contributed by atoms with Gasteiger partial charge in [0.05, 0.1) is 0 Å². The average molecular weight is 362 g/mol. The van der Waals surface area contributed by atoms with Crippen molar-refractivity contribution in [2.24, 2.45) is 5.41 Å². The highest BCUT2D eigenvalue weighted by atomic mass is 32.1. The van der Waals surface area contributed by atoms with E-state index in [4.69, 9.17) is 0 Å². The lowest BCUT2D eigenvalue weighted by atomic mass is 9.75. The molecule has 1 aliphatic rings. The van der Waals surface area contributed by atoms with E-state index >= 15 is 4.39 Å². The second-order valence-electron chi connectivity index (χ2n) is 7.44. The van der Waals surface area contributed by atoms with Crippen LogP contribution in [0.25, 0.3) is 16.0 Å². The molecule has 0 saturated heterocycles. The van der Waals surface area contributed by atoms with Crippen LogP contribution in [0.4, 0.5) is 4.39 Å². The van der Waals surface area contributed by atoms with Crippen molar-refractivity contribution in [1.82, 2.24) is 4.72 Å². The van der Waals surface area contributed by atoms with Crippen molar-refractivity contribution in [2.75, 3.05) is 0 Å². The Morgan fingerprint density at radius 1 is 1.42 bits per heavy atom. The summed E-state index contributed by atoms with van der Waals surface area (Å²) in [6, 6.07) is 5.61. The van der Waals surface area contributed by atoms with E-state index in [1.807, 2.05) is 19.1 Å². The molecule has 1 aliphatic carbocycles. The molecule has 128 valence electrons. The van der Waals surface area contributed by atoms with E-state index in [1.165, 1.54) is 16.9 Å². The third-order valence-electron chi connectivity index (χ3n) is 4.79. The molecule has 0 aliphatic heterocycles. The van der Waals surface area contributed by atoms with Crippen LogP contribution in [0.5, 0.6) is 0 Å². The van der Waals surface area contributed by atoms with E-state index in [1.54, 1.807) is 17.4 Å². The Labute approximate surface area is 153 Å². The van der Waals surface area contributed by atoms with E-state index in [9.17, 15) is 0 Å². The number of benzene rings is 1. The molecule has 0 bridgehead atoms. The predicted molar refractivity (Wildman–Crippen MR) is 106 cm³/mol. The first-order valence-corrected chi connectivity index (χ1v) is 9.55. The van der Waals surface area contributed by atoms with Crippen molar-refractivity contribution < 1.29 is 4.39 Å². The minimum Gasteiger partial charge on any atom is -0.262 e. The van der Waals surface area contributed by atoms with Gasteiger partial charge in [-0.2, -0.15) is 0 Å². The highest BCUT2D eigenvalue weighted by Crippen LogP contribution is 2.47. The number of nitrogens with one attached hydrogen (secondary N) is 1. The molecule has 0 spiro atoms. The SMILES string of the molecule is C=C(C)c1c(-c2cccc(CNS)c2F)sc2c1CC(C)(C)CC2. The summed E-state index contributed by atoms with van der Waals surface area (Å²) in [4.78, 5) is 2.43. The van der Waals surface area contributed by atoms with E-state index in [0.29, 0.717) is 23.1 Å². The molecule has 2 aromatic rings. The first-order valence-electron chi connectivity index (χ1n) is 8.29. The standard InChI is InChI=1S/C20H24FNS2/c1-12(2)17-15-10-20(3,4)9-8-16(15)24-19(17)14-7-5-6-13(11-22-23)18(14)21/h5-7,22-23H,1,8-11H2,2-4H3. The lowest BCUT2D eigenvalue weighted by Crippen LogP contribution is -2.21. The zero-order valence-corrected chi connectivity index (χ0v) is 16.2. The number of halogens is 1. The second-order valence-corrected chi connectivity index (χ2v) is 8.86. The minimum atomic E-state index is -0.153. The maximum atomic E-state index is 15.0. The topological polar surface area (TPSA) is 12.0 Å². The summed E-state index contributed by atoms with van der Waals surface area (Å²) in [7, 11) is 0. The normalized spacial score (nSPS) is 16.0. The van der Waals surface area contributed by atoms with Gasteiger partial charge in [0.15, 0.2) is 0 Å². The van der Waals surface area contributed by atoms with Gasteiger partial charge in [-0.05, 0) is 48.3 Å². The van der Waals surface area contributed by atoms with Gasteiger partial charge in [0.1, 0.15) is 5.82 Å². The number of aryl methyl sites for hydroxylation is 1. The Morgan fingerprint density at radius 2 is 2.17 bits per heavy atom. The molecule has 0 fully saturated rings. The molecular weight excluding hydrogens is 337 g/mol. The Hall–Kier alpha value is -1.10. The van der Waals surface area contributed by atoms with Gasteiger partial charge in [0, 0.05) is 27.4 Å². The molecule has 24 heavy (non-hydrogen) atoms. The summed E-state index contributed by atoms with van der Waals surface area (Å²) in [5, 5.41) is 0. The average Bonchev–Trinajstić information content (AvgIpc) is 2.86. The van der Waals surface area contributed by atoms with Gasteiger partial charge in [-0.15, -0.1) is 11.3 Å². The Bertz CT molecular complexity index is 789. The molecule has 1 heterocycles. The van der Waals surface area contributed by atoms with Crippen LogP contribution in [-0.4, -0.2) is 0 Å². The van der Waals surface area contributed by atoms with E-state index in [2.05, 4.69) is 38.0 Å². The number of rotatable bonds is 4. The van der Waals surface area contributed by atoms with Crippen molar-refractivity contribution in [3.63, 3.8) is 0 Å². The first kappa shape index (κ1) is 17.7. The summed E-state index contributed by atoms with van der Waals surface area (Å²) in [6.45, 7) is 11.3. The Balaban J connectivity index is 2.18. The fraction of sp³-hybridized carbons (Fsp3) is 0.400. The van der Waals surface area contributed by atoms with Crippen LogP contribution in [0.3, 0.4) is 0 Å². The van der Waals surface area contributed by atoms with Crippen molar-refractivity contribution in [2.45, 2.75) is 46.6 Å². The fourth-order valence-electron chi connectivity index (χ4n) is 3.54. The highest BCUT2D eigenvalue weighted by molar-refractivity contribution is 7.78. The summed E-state index contributed by atoms with van der Waals surface area (Å²) in [5.41, 5.74) is 5.20. The largest absolute Gasteiger partial charge is 0.262 e. The van der Waals surface area contributed by atoms with Crippen LogP contribution < -0.4 is 4.72 Å². The molecule has 4 heteroatoms. The summed E-state index contributed by atoms with van der Waals surface area (Å²) in [6.07, 6.45) is 3.30. The zero-order chi connectivity index (χ0) is 17.5. The van der Waals surface area contributed by atoms with Crippen molar-refractivity contribution in [3.05, 3.63) is 52.2 Å².